The minimum atomic E-state index is -2.95. The molecule has 1 fully saturated rings. The van der Waals surface area contributed by atoms with E-state index in [0.29, 0.717) is 47.9 Å². The lowest BCUT2D eigenvalue weighted by atomic mass is 9.95. The smallest absolute Gasteiger partial charge is 0.387 e. The van der Waals surface area contributed by atoms with Gasteiger partial charge in [0.25, 0.3) is 5.91 Å². The molecule has 0 atom stereocenters. The quantitative estimate of drug-likeness (QED) is 0.542. The first-order valence-corrected chi connectivity index (χ1v) is 11.1. The van der Waals surface area contributed by atoms with Gasteiger partial charge in [0.2, 0.25) is 5.91 Å². The third-order valence-corrected chi connectivity index (χ3v) is 6.12. The number of para-hydroxylation sites is 1. The molecule has 3 aromatic rings. The van der Waals surface area contributed by atoms with Crippen LogP contribution in [-0.2, 0) is 4.79 Å². The first-order chi connectivity index (χ1) is 15.9. The van der Waals surface area contributed by atoms with Gasteiger partial charge in [0, 0.05) is 35.5 Å². The zero-order valence-electron chi connectivity index (χ0n) is 17.3. The number of rotatable bonds is 6. The highest BCUT2D eigenvalue weighted by atomic mass is 32.1. The van der Waals surface area contributed by atoms with Crippen molar-refractivity contribution in [2.75, 3.05) is 18.4 Å². The summed E-state index contributed by atoms with van der Waals surface area (Å²) >= 11 is 1.19. The molecule has 6 nitrogen and oxygen atoms in total. The second kappa shape index (κ2) is 10.0. The number of thiazole rings is 1. The molecule has 0 radical (unpaired) electrons. The van der Waals surface area contributed by atoms with Gasteiger partial charge in [0.1, 0.15) is 11.6 Å². The number of hydrogen-bond acceptors (Lipinski definition) is 5. The van der Waals surface area contributed by atoms with Crippen LogP contribution in [0.5, 0.6) is 5.75 Å². The fraction of sp³-hybridized carbons (Fsp3) is 0.261. The Bertz CT molecular complexity index is 1130. The fourth-order valence-electron chi connectivity index (χ4n) is 3.66. The Morgan fingerprint density at radius 3 is 2.48 bits per heavy atom. The Labute approximate surface area is 192 Å². The molecule has 0 saturated carbocycles. The number of aromatic nitrogens is 1. The second-order valence-electron chi connectivity index (χ2n) is 7.48. The molecular weight excluding hydrogens is 455 g/mol. The van der Waals surface area contributed by atoms with Gasteiger partial charge in [0.05, 0.1) is 5.69 Å². The number of piperidine rings is 1. The fourth-order valence-corrected chi connectivity index (χ4v) is 4.37. The predicted octanol–water partition coefficient (Wildman–Crippen LogP) is 5.04. The highest BCUT2D eigenvalue weighted by Gasteiger charge is 2.28. The Balaban J connectivity index is 1.34. The Hall–Kier alpha value is -3.40. The van der Waals surface area contributed by atoms with E-state index in [1.165, 1.54) is 41.7 Å². The number of nitrogens with zero attached hydrogens (tertiary/aromatic N) is 2. The van der Waals surface area contributed by atoms with Crippen molar-refractivity contribution in [3.05, 3.63) is 65.3 Å². The van der Waals surface area contributed by atoms with Gasteiger partial charge in [0.15, 0.2) is 5.13 Å². The van der Waals surface area contributed by atoms with E-state index in [1.54, 1.807) is 28.5 Å². The number of alkyl halides is 2. The first kappa shape index (κ1) is 22.8. The van der Waals surface area contributed by atoms with Crippen molar-refractivity contribution in [2.24, 2.45) is 5.92 Å². The van der Waals surface area contributed by atoms with Crippen LogP contribution in [0.15, 0.2) is 53.9 Å². The van der Waals surface area contributed by atoms with Crippen LogP contribution in [-0.4, -0.2) is 41.4 Å². The van der Waals surface area contributed by atoms with Crippen molar-refractivity contribution in [2.45, 2.75) is 19.5 Å². The summed E-state index contributed by atoms with van der Waals surface area (Å²) < 4.78 is 42.9. The molecule has 0 spiro atoms. The molecule has 1 aliphatic heterocycles. The van der Waals surface area contributed by atoms with Gasteiger partial charge in [-0.05, 0) is 49.2 Å². The number of anilines is 1. The van der Waals surface area contributed by atoms with Crippen molar-refractivity contribution < 1.29 is 27.5 Å². The number of benzene rings is 2. The van der Waals surface area contributed by atoms with E-state index in [0.717, 1.165) is 0 Å². The minimum absolute atomic E-state index is 0.00821. The molecule has 0 aliphatic carbocycles. The molecule has 33 heavy (non-hydrogen) atoms. The van der Waals surface area contributed by atoms with Gasteiger partial charge in [-0.3, -0.25) is 9.59 Å². The Kier molecular flexibility index (Phi) is 6.93. The van der Waals surface area contributed by atoms with Crippen molar-refractivity contribution in [3.63, 3.8) is 0 Å². The zero-order valence-corrected chi connectivity index (χ0v) is 18.2. The molecule has 2 heterocycles. The number of ether oxygens (including phenoxy) is 1. The topological polar surface area (TPSA) is 71.5 Å². The van der Waals surface area contributed by atoms with E-state index in [9.17, 15) is 22.8 Å². The summed E-state index contributed by atoms with van der Waals surface area (Å²) in [6.45, 7) is -2.13. The van der Waals surface area contributed by atoms with E-state index in [-0.39, 0.29) is 23.5 Å². The minimum Gasteiger partial charge on any atom is -0.434 e. The van der Waals surface area contributed by atoms with Crippen molar-refractivity contribution in [1.29, 1.82) is 0 Å². The van der Waals surface area contributed by atoms with E-state index >= 15 is 0 Å². The van der Waals surface area contributed by atoms with E-state index in [4.69, 9.17) is 0 Å². The third-order valence-electron chi connectivity index (χ3n) is 5.36. The summed E-state index contributed by atoms with van der Waals surface area (Å²) in [6.07, 6.45) is 0.976. The average molecular weight is 475 g/mol. The molecule has 1 aliphatic rings. The molecule has 172 valence electrons. The zero-order chi connectivity index (χ0) is 23.4. The van der Waals surface area contributed by atoms with Crippen molar-refractivity contribution in [3.8, 4) is 17.0 Å². The van der Waals surface area contributed by atoms with Gasteiger partial charge < -0.3 is 15.0 Å². The maximum absolute atomic E-state index is 13.1. The summed E-state index contributed by atoms with van der Waals surface area (Å²) in [4.78, 5) is 31.2. The molecule has 4 rings (SSSR count). The summed E-state index contributed by atoms with van der Waals surface area (Å²) in [5.74, 6) is -1.08. The predicted molar refractivity (Wildman–Crippen MR) is 118 cm³/mol. The molecule has 2 amide bonds. The summed E-state index contributed by atoms with van der Waals surface area (Å²) in [6, 6.07) is 11.7. The summed E-state index contributed by atoms with van der Waals surface area (Å²) in [5, 5.41) is 4.79. The number of nitrogens with one attached hydrogen (secondary N) is 1. The van der Waals surface area contributed by atoms with Gasteiger partial charge in [-0.25, -0.2) is 9.37 Å². The van der Waals surface area contributed by atoms with Crippen LogP contribution in [0.3, 0.4) is 0 Å². The number of halogens is 3. The molecule has 1 saturated heterocycles. The number of hydrogen-bond donors (Lipinski definition) is 1. The van der Waals surface area contributed by atoms with Gasteiger partial charge in [-0.2, -0.15) is 8.78 Å². The highest BCUT2D eigenvalue weighted by Crippen LogP contribution is 2.33. The third kappa shape index (κ3) is 5.51. The lowest BCUT2D eigenvalue weighted by Crippen LogP contribution is -2.41. The Morgan fingerprint density at radius 2 is 1.79 bits per heavy atom. The maximum atomic E-state index is 13.1. The summed E-state index contributed by atoms with van der Waals surface area (Å²) in [5.41, 5.74) is 1.24. The van der Waals surface area contributed by atoms with E-state index in [1.807, 2.05) is 0 Å². The van der Waals surface area contributed by atoms with Gasteiger partial charge in [-0.15, -0.1) is 11.3 Å². The van der Waals surface area contributed by atoms with Gasteiger partial charge in [-0.1, -0.05) is 12.1 Å². The van der Waals surface area contributed by atoms with Crippen LogP contribution < -0.4 is 10.1 Å². The van der Waals surface area contributed by atoms with Crippen LogP contribution in [0.2, 0.25) is 0 Å². The lowest BCUT2D eigenvalue weighted by Gasteiger charge is -2.31. The van der Waals surface area contributed by atoms with Crippen LogP contribution in [0.25, 0.3) is 11.3 Å². The maximum Gasteiger partial charge on any atom is 0.387 e. The van der Waals surface area contributed by atoms with Crippen LogP contribution in [0.1, 0.15) is 23.2 Å². The van der Waals surface area contributed by atoms with E-state index in [2.05, 4.69) is 15.0 Å². The first-order valence-electron chi connectivity index (χ1n) is 10.3. The largest absolute Gasteiger partial charge is 0.434 e. The highest BCUT2D eigenvalue weighted by molar-refractivity contribution is 7.14. The number of carbonyl (C=O) groups excluding carboxylic acids is 2. The number of carbonyl (C=O) groups is 2. The standard InChI is InChI=1S/C23H20F3N3O3S/c24-16-7-5-15(6-8-16)21(31)29-11-9-14(10-12-29)20(30)28-23-27-18(13-33-23)17-3-1-2-4-19(17)32-22(25)26/h1-8,13-14,22H,9-12H2,(H,27,28,30). The van der Waals surface area contributed by atoms with Crippen LogP contribution in [0.4, 0.5) is 18.3 Å². The molecule has 0 bridgehead atoms. The molecule has 1 aromatic heterocycles. The molecule has 2 aromatic carbocycles. The Morgan fingerprint density at radius 1 is 1.09 bits per heavy atom. The summed E-state index contributed by atoms with van der Waals surface area (Å²) in [7, 11) is 0. The van der Waals surface area contributed by atoms with Crippen LogP contribution >= 0.6 is 11.3 Å². The van der Waals surface area contributed by atoms with E-state index < -0.39 is 12.4 Å². The SMILES string of the molecule is O=C(Nc1nc(-c2ccccc2OC(F)F)cs1)C1CCN(C(=O)c2ccc(F)cc2)CC1. The average Bonchev–Trinajstić information content (AvgIpc) is 3.27. The number of likely N-dealkylation sites (tertiary alicyclic amines) is 1. The number of amides is 2. The monoisotopic (exact) mass is 475 g/mol. The normalized spacial score (nSPS) is 14.4. The van der Waals surface area contributed by atoms with Gasteiger partial charge >= 0.3 is 6.61 Å². The lowest BCUT2D eigenvalue weighted by molar-refractivity contribution is -0.121. The van der Waals surface area contributed by atoms with Crippen LogP contribution in [0, 0.1) is 11.7 Å². The molecular formula is C23H20F3N3O3S. The van der Waals surface area contributed by atoms with Crippen molar-refractivity contribution in [1.82, 2.24) is 9.88 Å². The molecule has 10 heteroatoms. The molecule has 0 unspecified atom stereocenters. The second-order valence-corrected chi connectivity index (χ2v) is 8.33. The van der Waals surface area contributed by atoms with Crippen molar-refractivity contribution >= 4 is 28.3 Å². The molecule has 1 N–H and O–H groups in total.